The van der Waals surface area contributed by atoms with Crippen LogP contribution in [-0.4, -0.2) is 39.9 Å². The molecule has 5 rings (SSSR count). The van der Waals surface area contributed by atoms with E-state index in [4.69, 9.17) is 9.47 Å². The number of aromatic nitrogens is 2. The van der Waals surface area contributed by atoms with E-state index in [9.17, 15) is 4.79 Å². The molecule has 2 heterocycles. The minimum atomic E-state index is 0.0906. The van der Waals surface area contributed by atoms with Gasteiger partial charge < -0.3 is 14.4 Å². The van der Waals surface area contributed by atoms with Gasteiger partial charge in [0.25, 0.3) is 11.1 Å². The Balaban J connectivity index is 1.27. The average Bonchev–Trinajstić information content (AvgIpc) is 3.33. The van der Waals surface area contributed by atoms with Gasteiger partial charge in [-0.1, -0.05) is 39.0 Å². The maximum atomic E-state index is 13.4. The third-order valence-electron chi connectivity index (χ3n) is 6.91. The van der Waals surface area contributed by atoms with Crippen molar-refractivity contribution in [3.05, 3.63) is 65.5 Å². The lowest BCUT2D eigenvalue weighted by molar-refractivity contribution is 0.0708. The Hall–Kier alpha value is -2.93. The van der Waals surface area contributed by atoms with Crippen LogP contribution in [0.15, 0.2) is 48.5 Å². The van der Waals surface area contributed by atoms with Crippen molar-refractivity contribution in [2.75, 3.05) is 13.7 Å². The van der Waals surface area contributed by atoms with Crippen molar-refractivity contribution in [1.29, 1.82) is 0 Å². The predicted molar refractivity (Wildman–Crippen MR) is 133 cm³/mol. The third-order valence-corrected chi connectivity index (χ3v) is 7.54. The highest BCUT2D eigenvalue weighted by Gasteiger charge is 2.51. The molecule has 3 aromatic rings. The number of ether oxygens (including phenoxy) is 2. The van der Waals surface area contributed by atoms with Crippen LogP contribution in [0.2, 0.25) is 0 Å². The summed E-state index contributed by atoms with van der Waals surface area (Å²) in [6, 6.07) is 15.6. The van der Waals surface area contributed by atoms with Crippen LogP contribution < -0.4 is 9.47 Å². The number of likely N-dealkylation sites (tertiary alicyclic amines) is 1. The van der Waals surface area contributed by atoms with Crippen molar-refractivity contribution in [2.45, 2.75) is 52.5 Å². The van der Waals surface area contributed by atoms with E-state index < -0.39 is 0 Å². The number of nitrogens with zero attached hydrogens (tertiary/aromatic N) is 3. The SMILES string of the molecule is COc1cccc(Cc2nsc(Oc3cccc(C(=O)N4CC5(C)CC4CC(C)(C)C5)c3)n2)c1. The summed E-state index contributed by atoms with van der Waals surface area (Å²) in [6.07, 6.45) is 3.92. The molecule has 1 amide bonds. The molecule has 2 aliphatic rings. The van der Waals surface area contributed by atoms with Gasteiger partial charge in [0.2, 0.25) is 0 Å². The zero-order chi connectivity index (χ0) is 23.9. The van der Waals surface area contributed by atoms with E-state index >= 15 is 0 Å². The second-order valence-corrected chi connectivity index (χ2v) is 11.5. The first-order valence-corrected chi connectivity index (χ1v) is 12.5. The number of benzene rings is 2. The normalized spacial score (nSPS) is 23.1. The van der Waals surface area contributed by atoms with Crippen LogP contribution in [0.25, 0.3) is 0 Å². The maximum Gasteiger partial charge on any atom is 0.298 e. The molecule has 2 atom stereocenters. The first kappa shape index (κ1) is 22.8. The maximum absolute atomic E-state index is 13.4. The number of hydrogen-bond acceptors (Lipinski definition) is 6. The second-order valence-electron chi connectivity index (χ2n) is 10.8. The van der Waals surface area contributed by atoms with Gasteiger partial charge in [0.1, 0.15) is 11.5 Å². The lowest BCUT2D eigenvalue weighted by atomic mass is 9.65. The number of carbonyl (C=O) groups excluding carboxylic acids is 1. The summed E-state index contributed by atoms with van der Waals surface area (Å²) in [5.74, 6) is 2.20. The van der Waals surface area contributed by atoms with Crippen LogP contribution in [0.3, 0.4) is 0 Å². The molecule has 6 nitrogen and oxygen atoms in total. The van der Waals surface area contributed by atoms with Crippen LogP contribution in [-0.2, 0) is 6.42 Å². The molecule has 0 N–H and O–H groups in total. The molecule has 1 aromatic heterocycles. The highest BCUT2D eigenvalue weighted by atomic mass is 32.1. The first-order chi connectivity index (χ1) is 16.2. The van der Waals surface area contributed by atoms with Gasteiger partial charge in [0.15, 0.2) is 5.82 Å². The molecule has 0 spiro atoms. The Bertz CT molecular complexity index is 1210. The van der Waals surface area contributed by atoms with Gasteiger partial charge in [-0.15, -0.1) is 0 Å². The smallest absolute Gasteiger partial charge is 0.298 e. The standard InChI is InChI=1S/C27H31N3O3S/c1-26(2)14-20-15-27(3,16-26)17-30(20)24(31)19-8-6-10-22(13-19)33-25-28-23(29-34-25)12-18-7-5-9-21(11-18)32-4/h5-11,13,20H,12,14-17H2,1-4H3. The fourth-order valence-corrected chi connectivity index (χ4v) is 6.54. The molecule has 2 unspecified atom stereocenters. The van der Waals surface area contributed by atoms with E-state index in [1.165, 1.54) is 18.0 Å². The van der Waals surface area contributed by atoms with Crippen molar-refractivity contribution in [1.82, 2.24) is 14.3 Å². The molecular formula is C27H31N3O3S. The molecule has 1 aliphatic heterocycles. The van der Waals surface area contributed by atoms with Crippen molar-refractivity contribution in [3.63, 3.8) is 0 Å². The van der Waals surface area contributed by atoms with Crippen LogP contribution in [0.5, 0.6) is 16.7 Å². The number of fused-ring (bicyclic) bond motifs is 2. The van der Waals surface area contributed by atoms with E-state index in [-0.39, 0.29) is 16.7 Å². The minimum absolute atomic E-state index is 0.0906. The highest BCUT2D eigenvalue weighted by molar-refractivity contribution is 7.07. The molecular weight excluding hydrogens is 446 g/mol. The van der Waals surface area contributed by atoms with Gasteiger partial charge in [-0.3, -0.25) is 4.79 Å². The summed E-state index contributed by atoms with van der Waals surface area (Å²) in [5.41, 5.74) is 2.22. The van der Waals surface area contributed by atoms with Gasteiger partial charge >= 0.3 is 0 Å². The van der Waals surface area contributed by atoms with E-state index in [0.29, 0.717) is 34.8 Å². The van der Waals surface area contributed by atoms with Crippen LogP contribution in [0, 0.1) is 10.8 Å². The monoisotopic (exact) mass is 477 g/mol. The van der Waals surface area contributed by atoms with Crippen LogP contribution in [0.4, 0.5) is 0 Å². The molecule has 1 saturated carbocycles. The summed E-state index contributed by atoms with van der Waals surface area (Å²) in [6.45, 7) is 7.80. The number of methoxy groups -OCH3 is 1. The molecule has 1 aliphatic carbocycles. The minimum Gasteiger partial charge on any atom is -0.497 e. The number of carbonyl (C=O) groups is 1. The van der Waals surface area contributed by atoms with E-state index in [0.717, 1.165) is 30.7 Å². The van der Waals surface area contributed by atoms with E-state index in [1.807, 2.05) is 48.5 Å². The summed E-state index contributed by atoms with van der Waals surface area (Å²) in [5, 5.41) is 0.466. The van der Waals surface area contributed by atoms with Gasteiger partial charge in [-0.25, -0.2) is 0 Å². The van der Waals surface area contributed by atoms with Crippen molar-refractivity contribution in [3.8, 4) is 16.7 Å². The fraction of sp³-hybridized carbons (Fsp3) is 0.444. The summed E-state index contributed by atoms with van der Waals surface area (Å²) in [7, 11) is 1.65. The summed E-state index contributed by atoms with van der Waals surface area (Å²) in [4.78, 5) is 20.1. The Labute approximate surface area is 205 Å². The molecule has 7 heteroatoms. The summed E-state index contributed by atoms with van der Waals surface area (Å²) >= 11 is 1.21. The van der Waals surface area contributed by atoms with Crippen molar-refractivity contribution >= 4 is 17.4 Å². The topological polar surface area (TPSA) is 64.6 Å². The van der Waals surface area contributed by atoms with E-state index in [1.54, 1.807) is 7.11 Å². The fourth-order valence-electron chi connectivity index (χ4n) is 5.97. The van der Waals surface area contributed by atoms with Crippen molar-refractivity contribution < 1.29 is 14.3 Å². The Morgan fingerprint density at radius 2 is 1.91 bits per heavy atom. The van der Waals surface area contributed by atoms with Crippen LogP contribution in [0.1, 0.15) is 61.8 Å². The Kier molecular flexibility index (Phi) is 5.84. The number of rotatable bonds is 6. The third kappa shape index (κ3) is 4.80. The zero-order valence-electron chi connectivity index (χ0n) is 20.2. The molecule has 2 bridgehead atoms. The van der Waals surface area contributed by atoms with Gasteiger partial charge in [-0.05, 0) is 66.0 Å². The predicted octanol–water partition coefficient (Wildman–Crippen LogP) is 5.97. The van der Waals surface area contributed by atoms with Gasteiger partial charge in [0.05, 0.1) is 7.11 Å². The largest absolute Gasteiger partial charge is 0.497 e. The number of hydrogen-bond donors (Lipinski definition) is 0. The van der Waals surface area contributed by atoms with Gasteiger partial charge in [-0.2, -0.15) is 9.36 Å². The molecule has 178 valence electrons. The summed E-state index contributed by atoms with van der Waals surface area (Å²) < 4.78 is 15.7. The number of amides is 1. The molecule has 2 aromatic carbocycles. The first-order valence-electron chi connectivity index (χ1n) is 11.8. The Morgan fingerprint density at radius 1 is 1.12 bits per heavy atom. The van der Waals surface area contributed by atoms with E-state index in [2.05, 4.69) is 35.0 Å². The Morgan fingerprint density at radius 3 is 2.74 bits per heavy atom. The van der Waals surface area contributed by atoms with Gasteiger partial charge in [0, 0.05) is 36.1 Å². The molecule has 0 radical (unpaired) electrons. The molecule has 1 saturated heterocycles. The molecule has 2 fully saturated rings. The van der Waals surface area contributed by atoms with Crippen LogP contribution >= 0.6 is 11.5 Å². The lowest BCUT2D eigenvalue weighted by Gasteiger charge is -2.39. The second kappa shape index (κ2) is 8.69. The quantitative estimate of drug-likeness (QED) is 0.438. The average molecular weight is 478 g/mol. The zero-order valence-corrected chi connectivity index (χ0v) is 21.0. The molecule has 34 heavy (non-hydrogen) atoms. The lowest BCUT2D eigenvalue weighted by Crippen LogP contribution is -2.37. The highest BCUT2D eigenvalue weighted by Crippen LogP contribution is 2.52. The van der Waals surface area contributed by atoms with Crippen molar-refractivity contribution in [2.24, 2.45) is 10.8 Å².